The molecule has 0 unspecified atom stereocenters. The van der Waals surface area contributed by atoms with Crippen LogP contribution in [0.4, 0.5) is 0 Å². The summed E-state index contributed by atoms with van der Waals surface area (Å²) in [7, 11) is 1.94. The summed E-state index contributed by atoms with van der Waals surface area (Å²) in [5.74, 6) is -1.64. The Morgan fingerprint density at radius 3 is 2.80 bits per heavy atom. The van der Waals surface area contributed by atoms with Crippen molar-refractivity contribution in [1.29, 1.82) is 0 Å². The maximum Gasteiger partial charge on any atom is 0.266 e. The summed E-state index contributed by atoms with van der Waals surface area (Å²) >= 11 is 6.39. The Hall–Kier alpha value is -2.12. The summed E-state index contributed by atoms with van der Waals surface area (Å²) in [5.41, 5.74) is 1.96. The quantitative estimate of drug-likeness (QED) is 0.594. The number of hydrogen-bond donors (Lipinski definition) is 0. The molecule has 0 spiro atoms. The molecule has 1 atom stereocenters. The fourth-order valence-electron chi connectivity index (χ4n) is 3.00. The lowest BCUT2D eigenvalue weighted by molar-refractivity contribution is -0.310. The molecule has 0 radical (unpaired) electrons. The van der Waals surface area contributed by atoms with Crippen molar-refractivity contribution in [2.75, 3.05) is 0 Å². The van der Waals surface area contributed by atoms with Crippen LogP contribution in [0, 0.1) is 0 Å². The van der Waals surface area contributed by atoms with Crippen molar-refractivity contribution < 1.29 is 14.7 Å². The fourth-order valence-corrected chi connectivity index (χ4v) is 4.35. The first-order valence-electron chi connectivity index (χ1n) is 7.96. The molecule has 1 aromatic heterocycles. The number of thiocarbonyl (C=S) groups is 1. The molecular weight excluding hydrogens is 356 g/mol. The van der Waals surface area contributed by atoms with E-state index in [9.17, 15) is 14.7 Å². The zero-order chi connectivity index (χ0) is 18.1. The van der Waals surface area contributed by atoms with E-state index in [1.807, 2.05) is 49.0 Å². The van der Waals surface area contributed by atoms with E-state index >= 15 is 0 Å². The standard InChI is InChI=1S/C18H18N2O3S2/c1-3-6-14(17(22)23)20-16(21)15(25-18(20)24)9-11-10-19(2)13-8-5-4-7-12(11)13/h4-5,7-10,14H,3,6H2,1-2H3,(H,22,23)/p-1/t14-/m1/s1. The molecule has 1 saturated heterocycles. The summed E-state index contributed by atoms with van der Waals surface area (Å²) in [6, 6.07) is 6.88. The maximum atomic E-state index is 12.7. The number of carbonyl (C=O) groups excluding carboxylic acids is 2. The van der Waals surface area contributed by atoms with Gasteiger partial charge in [0.15, 0.2) is 0 Å². The number of aliphatic carboxylic acids is 1. The van der Waals surface area contributed by atoms with Crippen LogP contribution in [-0.2, 0) is 16.6 Å². The second-order valence-corrected chi connectivity index (χ2v) is 7.56. The lowest BCUT2D eigenvalue weighted by Gasteiger charge is -2.27. The number of carboxylic acid groups (broad SMARTS) is 1. The largest absolute Gasteiger partial charge is 0.548 e. The number of rotatable bonds is 5. The molecule has 2 aromatic rings. The number of carboxylic acids is 1. The minimum atomic E-state index is -1.27. The van der Waals surface area contributed by atoms with Crippen molar-refractivity contribution in [3.63, 3.8) is 0 Å². The summed E-state index contributed by atoms with van der Waals surface area (Å²) in [4.78, 5) is 25.8. The first-order valence-corrected chi connectivity index (χ1v) is 9.18. The number of hydrogen-bond acceptors (Lipinski definition) is 5. The number of aromatic nitrogens is 1. The zero-order valence-electron chi connectivity index (χ0n) is 13.9. The SMILES string of the molecule is CCC[C@H](C(=O)[O-])N1C(=O)C(=Cc2cn(C)c3ccccc23)SC1=S. The van der Waals surface area contributed by atoms with Gasteiger partial charge in [0.2, 0.25) is 0 Å². The topological polar surface area (TPSA) is 65.4 Å². The van der Waals surface area contributed by atoms with Crippen LogP contribution in [-0.4, -0.2) is 31.7 Å². The molecule has 1 aromatic carbocycles. The maximum absolute atomic E-state index is 12.7. The Balaban J connectivity index is 1.98. The highest BCUT2D eigenvalue weighted by Crippen LogP contribution is 2.36. The van der Waals surface area contributed by atoms with Crippen LogP contribution < -0.4 is 5.11 Å². The molecule has 0 bridgehead atoms. The van der Waals surface area contributed by atoms with Gasteiger partial charge in [-0.3, -0.25) is 9.69 Å². The number of carbonyl (C=O) groups is 2. The second kappa shape index (κ2) is 7.01. The van der Waals surface area contributed by atoms with Gasteiger partial charge in [-0.15, -0.1) is 0 Å². The highest BCUT2D eigenvalue weighted by atomic mass is 32.2. The van der Waals surface area contributed by atoms with Crippen molar-refractivity contribution in [3.05, 3.63) is 40.9 Å². The van der Waals surface area contributed by atoms with E-state index in [4.69, 9.17) is 12.2 Å². The van der Waals surface area contributed by atoms with Crippen LogP contribution in [0.1, 0.15) is 25.3 Å². The Morgan fingerprint density at radius 1 is 1.40 bits per heavy atom. The first-order chi connectivity index (χ1) is 11.9. The monoisotopic (exact) mass is 373 g/mol. The molecule has 0 N–H and O–H groups in total. The minimum Gasteiger partial charge on any atom is -0.548 e. The van der Waals surface area contributed by atoms with Crippen LogP contribution in [0.5, 0.6) is 0 Å². The van der Waals surface area contributed by atoms with Gasteiger partial charge in [-0.25, -0.2) is 0 Å². The van der Waals surface area contributed by atoms with Crippen molar-refractivity contribution >= 4 is 57.2 Å². The van der Waals surface area contributed by atoms with E-state index in [0.29, 0.717) is 17.7 Å². The lowest BCUT2D eigenvalue weighted by Crippen LogP contribution is -2.49. The predicted molar refractivity (Wildman–Crippen MR) is 102 cm³/mol. The van der Waals surface area contributed by atoms with Crippen LogP contribution in [0.25, 0.3) is 17.0 Å². The number of aryl methyl sites for hydroxylation is 1. The van der Waals surface area contributed by atoms with E-state index in [1.54, 1.807) is 6.08 Å². The Kier molecular flexibility index (Phi) is 4.96. The van der Waals surface area contributed by atoms with Crippen molar-refractivity contribution in [1.82, 2.24) is 9.47 Å². The van der Waals surface area contributed by atoms with E-state index in [-0.39, 0.29) is 10.2 Å². The highest BCUT2D eigenvalue weighted by Gasteiger charge is 2.37. The number of benzene rings is 1. The van der Waals surface area contributed by atoms with Gasteiger partial charge >= 0.3 is 0 Å². The van der Waals surface area contributed by atoms with Crippen molar-refractivity contribution in [3.8, 4) is 0 Å². The average molecular weight is 373 g/mol. The Bertz CT molecular complexity index is 901. The molecule has 0 aliphatic carbocycles. The highest BCUT2D eigenvalue weighted by molar-refractivity contribution is 8.26. The molecule has 1 fully saturated rings. The number of thioether (sulfide) groups is 1. The molecule has 1 aliphatic rings. The van der Waals surface area contributed by atoms with E-state index in [2.05, 4.69) is 0 Å². The first kappa shape index (κ1) is 17.7. The van der Waals surface area contributed by atoms with E-state index in [1.165, 1.54) is 4.90 Å². The zero-order valence-corrected chi connectivity index (χ0v) is 15.5. The molecule has 130 valence electrons. The van der Waals surface area contributed by atoms with Crippen molar-refractivity contribution in [2.24, 2.45) is 7.05 Å². The third-order valence-corrected chi connectivity index (χ3v) is 5.51. The number of fused-ring (bicyclic) bond motifs is 1. The molecule has 7 heteroatoms. The normalized spacial score (nSPS) is 17.7. The van der Waals surface area contributed by atoms with Gasteiger partial charge in [-0.05, 0) is 18.6 Å². The van der Waals surface area contributed by atoms with Crippen LogP contribution in [0.3, 0.4) is 0 Å². The molecule has 3 rings (SSSR count). The van der Waals surface area contributed by atoms with Gasteiger partial charge in [-0.2, -0.15) is 0 Å². The fraction of sp³-hybridized carbons (Fsp3) is 0.278. The minimum absolute atomic E-state index is 0.263. The summed E-state index contributed by atoms with van der Waals surface area (Å²) in [6.45, 7) is 1.86. The summed E-state index contributed by atoms with van der Waals surface area (Å²) in [6.07, 6.45) is 4.66. The second-order valence-electron chi connectivity index (χ2n) is 5.89. The van der Waals surface area contributed by atoms with Gasteiger partial charge in [0.1, 0.15) is 4.32 Å². The van der Waals surface area contributed by atoms with Crippen LogP contribution in [0.15, 0.2) is 35.4 Å². The van der Waals surface area contributed by atoms with Crippen molar-refractivity contribution in [2.45, 2.75) is 25.8 Å². The number of para-hydroxylation sites is 1. The van der Waals surface area contributed by atoms with Gasteiger partial charge in [-0.1, -0.05) is 55.5 Å². The van der Waals surface area contributed by atoms with E-state index < -0.39 is 12.0 Å². The molecule has 2 heterocycles. The Labute approximate surface area is 155 Å². The predicted octanol–water partition coefficient (Wildman–Crippen LogP) is 2.30. The summed E-state index contributed by atoms with van der Waals surface area (Å²) < 4.78 is 2.25. The number of amides is 1. The van der Waals surface area contributed by atoms with Gasteiger partial charge in [0, 0.05) is 29.7 Å². The van der Waals surface area contributed by atoms with E-state index in [0.717, 1.165) is 28.2 Å². The lowest BCUT2D eigenvalue weighted by atomic mass is 10.1. The van der Waals surface area contributed by atoms with Gasteiger partial charge < -0.3 is 14.5 Å². The third-order valence-electron chi connectivity index (χ3n) is 4.18. The number of nitrogens with zero attached hydrogens (tertiary/aromatic N) is 2. The van der Waals surface area contributed by atoms with Gasteiger partial charge in [0.05, 0.1) is 16.9 Å². The third kappa shape index (κ3) is 3.21. The van der Waals surface area contributed by atoms with Crippen LogP contribution >= 0.6 is 24.0 Å². The molecular formula is C18H17N2O3S2-. The molecule has 0 saturated carbocycles. The van der Waals surface area contributed by atoms with Crippen LogP contribution in [0.2, 0.25) is 0 Å². The molecule has 1 amide bonds. The average Bonchev–Trinajstić information content (AvgIpc) is 3.03. The molecule has 25 heavy (non-hydrogen) atoms. The molecule has 1 aliphatic heterocycles. The Morgan fingerprint density at radius 2 is 2.12 bits per heavy atom. The smallest absolute Gasteiger partial charge is 0.266 e. The summed E-state index contributed by atoms with van der Waals surface area (Å²) in [5, 5.41) is 12.4. The van der Waals surface area contributed by atoms with Gasteiger partial charge in [0.25, 0.3) is 5.91 Å². The molecule has 5 nitrogen and oxygen atoms in total.